The highest BCUT2D eigenvalue weighted by Crippen LogP contribution is 2.24. The number of hydrogen-bond acceptors (Lipinski definition) is 3. The molecule has 1 aromatic carbocycles. The van der Waals surface area contributed by atoms with Gasteiger partial charge in [0, 0.05) is 0 Å². The average molecular weight is 326 g/mol. The molecule has 2 atom stereocenters. The van der Waals surface area contributed by atoms with Crippen LogP contribution in [0.2, 0.25) is 0 Å². The molecule has 1 aromatic rings. The minimum absolute atomic E-state index is 0. The van der Waals surface area contributed by atoms with Gasteiger partial charge in [-0.1, -0.05) is 18.2 Å². The zero-order chi connectivity index (χ0) is 15.4. The third kappa shape index (κ3) is 4.71. The lowest BCUT2D eigenvalue weighted by Crippen LogP contribution is -2.43. The summed E-state index contributed by atoms with van der Waals surface area (Å²) in [6.45, 7) is 1.92. The molecular weight excluding hydrogens is 302 g/mol. The predicted octanol–water partition coefficient (Wildman–Crippen LogP) is 1.37. The van der Waals surface area contributed by atoms with E-state index >= 15 is 0 Å². The summed E-state index contributed by atoms with van der Waals surface area (Å²) < 4.78 is 0. The van der Waals surface area contributed by atoms with Crippen LogP contribution in [0, 0.1) is 0 Å². The van der Waals surface area contributed by atoms with E-state index in [-0.39, 0.29) is 30.8 Å². The fourth-order valence-corrected chi connectivity index (χ4v) is 2.74. The Labute approximate surface area is 137 Å². The van der Waals surface area contributed by atoms with Crippen LogP contribution in [-0.2, 0) is 22.4 Å². The van der Waals surface area contributed by atoms with Crippen LogP contribution in [0.1, 0.15) is 48.9 Å². The minimum atomic E-state index is -0.887. The van der Waals surface area contributed by atoms with E-state index < -0.39 is 11.9 Å². The number of nitrogens with one attached hydrogen (secondary N) is 1. The van der Waals surface area contributed by atoms with E-state index in [1.165, 1.54) is 24.0 Å². The number of hydrogen-bond donors (Lipinski definition) is 3. The van der Waals surface area contributed by atoms with Crippen LogP contribution in [0.3, 0.4) is 0 Å². The SMILES string of the molecule is CC(NC(=O)C(N)CC(N)=O)c1ccc2c(c1)CCCC2.Cl. The number of carbonyl (C=O) groups is 2. The molecule has 2 amide bonds. The van der Waals surface area contributed by atoms with Gasteiger partial charge in [-0.25, -0.2) is 0 Å². The molecule has 0 saturated carbocycles. The zero-order valence-electron chi connectivity index (χ0n) is 12.8. The Bertz CT molecular complexity index is 548. The van der Waals surface area contributed by atoms with E-state index in [1.54, 1.807) is 0 Å². The van der Waals surface area contributed by atoms with Crippen LogP contribution in [0.15, 0.2) is 18.2 Å². The van der Waals surface area contributed by atoms with Gasteiger partial charge in [-0.05, 0) is 49.3 Å². The summed E-state index contributed by atoms with van der Waals surface area (Å²) in [5, 5.41) is 2.84. The van der Waals surface area contributed by atoms with Crippen molar-refractivity contribution in [3.8, 4) is 0 Å². The Kier molecular flexibility index (Phi) is 6.84. The smallest absolute Gasteiger partial charge is 0.237 e. The van der Waals surface area contributed by atoms with Gasteiger partial charge in [0.25, 0.3) is 0 Å². The van der Waals surface area contributed by atoms with E-state index in [0.29, 0.717) is 0 Å². The molecule has 0 radical (unpaired) electrons. The molecule has 2 unspecified atom stereocenters. The van der Waals surface area contributed by atoms with Crippen LogP contribution in [0.25, 0.3) is 0 Å². The first-order valence-electron chi connectivity index (χ1n) is 7.43. The second kappa shape index (κ2) is 8.15. The second-order valence-electron chi connectivity index (χ2n) is 5.74. The summed E-state index contributed by atoms with van der Waals surface area (Å²) in [5.41, 5.74) is 14.5. The first-order chi connectivity index (χ1) is 9.97. The van der Waals surface area contributed by atoms with Crippen LogP contribution in [-0.4, -0.2) is 17.9 Å². The lowest BCUT2D eigenvalue weighted by molar-refractivity contribution is -0.126. The second-order valence-corrected chi connectivity index (χ2v) is 5.74. The Morgan fingerprint density at radius 2 is 1.86 bits per heavy atom. The van der Waals surface area contributed by atoms with Crippen LogP contribution in [0.5, 0.6) is 0 Å². The molecule has 122 valence electrons. The molecule has 5 N–H and O–H groups in total. The van der Waals surface area contributed by atoms with Crippen molar-refractivity contribution in [2.45, 2.75) is 51.1 Å². The monoisotopic (exact) mass is 325 g/mol. The Hall–Kier alpha value is -1.59. The lowest BCUT2D eigenvalue weighted by atomic mass is 9.89. The molecule has 6 heteroatoms. The van der Waals surface area contributed by atoms with Gasteiger partial charge < -0.3 is 16.8 Å². The van der Waals surface area contributed by atoms with E-state index in [2.05, 4.69) is 23.5 Å². The summed E-state index contributed by atoms with van der Waals surface area (Å²) in [4.78, 5) is 22.7. The van der Waals surface area contributed by atoms with Crippen molar-refractivity contribution >= 4 is 24.2 Å². The van der Waals surface area contributed by atoms with E-state index in [0.717, 1.165) is 18.4 Å². The number of carbonyl (C=O) groups excluding carboxylic acids is 2. The van der Waals surface area contributed by atoms with Crippen molar-refractivity contribution in [3.05, 3.63) is 34.9 Å². The molecule has 0 saturated heterocycles. The molecule has 22 heavy (non-hydrogen) atoms. The molecular formula is C16H24ClN3O2. The van der Waals surface area contributed by atoms with Gasteiger partial charge in [-0.15, -0.1) is 12.4 Å². The maximum Gasteiger partial charge on any atom is 0.237 e. The largest absolute Gasteiger partial charge is 0.370 e. The van der Waals surface area contributed by atoms with Gasteiger partial charge in [0.1, 0.15) is 0 Å². The molecule has 1 aliphatic rings. The van der Waals surface area contributed by atoms with E-state index in [4.69, 9.17) is 11.5 Å². The quantitative estimate of drug-likeness (QED) is 0.762. The first kappa shape index (κ1) is 18.5. The van der Waals surface area contributed by atoms with E-state index in [9.17, 15) is 9.59 Å². The molecule has 0 aromatic heterocycles. The Morgan fingerprint density at radius 1 is 1.23 bits per heavy atom. The van der Waals surface area contributed by atoms with Gasteiger partial charge in [0.2, 0.25) is 11.8 Å². The van der Waals surface area contributed by atoms with Crippen LogP contribution < -0.4 is 16.8 Å². The fourth-order valence-electron chi connectivity index (χ4n) is 2.74. The van der Waals surface area contributed by atoms with Gasteiger partial charge in [-0.3, -0.25) is 9.59 Å². The molecule has 5 nitrogen and oxygen atoms in total. The number of fused-ring (bicyclic) bond motifs is 1. The zero-order valence-corrected chi connectivity index (χ0v) is 13.6. The molecule has 0 spiro atoms. The third-order valence-electron chi connectivity index (χ3n) is 3.99. The fraction of sp³-hybridized carbons (Fsp3) is 0.500. The first-order valence-corrected chi connectivity index (χ1v) is 7.43. The highest BCUT2D eigenvalue weighted by molar-refractivity contribution is 5.87. The molecule has 0 bridgehead atoms. The highest BCUT2D eigenvalue weighted by Gasteiger charge is 2.19. The standard InChI is InChI=1S/C16H23N3O2.ClH/c1-10(19-16(21)14(17)9-15(18)20)12-7-6-11-4-2-3-5-13(11)8-12;/h6-8,10,14H,2-5,9,17H2,1H3,(H2,18,20)(H,19,21);1H. The normalized spacial score (nSPS) is 15.9. The van der Waals surface area contributed by atoms with Crippen molar-refractivity contribution in [2.75, 3.05) is 0 Å². The van der Waals surface area contributed by atoms with Gasteiger partial charge in [0.15, 0.2) is 0 Å². The van der Waals surface area contributed by atoms with Crippen molar-refractivity contribution in [3.63, 3.8) is 0 Å². The predicted molar refractivity (Wildman–Crippen MR) is 88.7 cm³/mol. The van der Waals surface area contributed by atoms with Crippen molar-refractivity contribution in [2.24, 2.45) is 11.5 Å². The molecule has 2 rings (SSSR count). The number of primary amides is 1. The van der Waals surface area contributed by atoms with Crippen molar-refractivity contribution in [1.82, 2.24) is 5.32 Å². The van der Waals surface area contributed by atoms with Crippen molar-refractivity contribution in [1.29, 1.82) is 0 Å². The molecule has 1 aliphatic carbocycles. The molecule has 0 heterocycles. The lowest BCUT2D eigenvalue weighted by Gasteiger charge is -2.21. The summed E-state index contributed by atoms with van der Waals surface area (Å²) >= 11 is 0. The number of rotatable bonds is 5. The summed E-state index contributed by atoms with van der Waals surface area (Å²) in [7, 11) is 0. The Balaban J connectivity index is 0.00000242. The van der Waals surface area contributed by atoms with Crippen molar-refractivity contribution < 1.29 is 9.59 Å². The third-order valence-corrected chi connectivity index (χ3v) is 3.99. The van der Waals surface area contributed by atoms with Gasteiger partial charge in [-0.2, -0.15) is 0 Å². The summed E-state index contributed by atoms with van der Waals surface area (Å²) in [6.07, 6.45) is 4.58. The molecule has 0 fully saturated rings. The summed E-state index contributed by atoms with van der Waals surface area (Å²) in [5.74, 6) is -0.918. The van der Waals surface area contributed by atoms with Crippen LogP contribution >= 0.6 is 12.4 Å². The molecule has 0 aliphatic heterocycles. The number of halogens is 1. The highest BCUT2D eigenvalue weighted by atomic mass is 35.5. The summed E-state index contributed by atoms with van der Waals surface area (Å²) in [6, 6.07) is 5.34. The number of nitrogens with two attached hydrogens (primary N) is 2. The van der Waals surface area contributed by atoms with E-state index in [1.807, 2.05) is 6.92 Å². The van der Waals surface area contributed by atoms with Crippen LogP contribution in [0.4, 0.5) is 0 Å². The van der Waals surface area contributed by atoms with Gasteiger partial charge >= 0.3 is 0 Å². The number of aryl methyl sites for hydroxylation is 2. The Morgan fingerprint density at radius 3 is 2.50 bits per heavy atom. The topological polar surface area (TPSA) is 98.2 Å². The maximum absolute atomic E-state index is 11.9. The number of amides is 2. The average Bonchev–Trinajstić information content (AvgIpc) is 2.45. The number of benzene rings is 1. The minimum Gasteiger partial charge on any atom is -0.370 e. The maximum atomic E-state index is 11.9. The van der Waals surface area contributed by atoms with Gasteiger partial charge in [0.05, 0.1) is 18.5 Å².